The summed E-state index contributed by atoms with van der Waals surface area (Å²) in [7, 11) is 0. The summed E-state index contributed by atoms with van der Waals surface area (Å²) in [6.45, 7) is 8.17. The third-order valence-corrected chi connectivity index (χ3v) is 3.58. The molecule has 0 unspecified atom stereocenters. The first-order valence-corrected chi connectivity index (χ1v) is 7.49. The summed E-state index contributed by atoms with van der Waals surface area (Å²) >= 11 is 0. The maximum Gasteiger partial charge on any atom is 0.222 e. The van der Waals surface area contributed by atoms with E-state index in [9.17, 15) is 9.90 Å². The van der Waals surface area contributed by atoms with Gasteiger partial charge in [-0.2, -0.15) is 5.10 Å². The van der Waals surface area contributed by atoms with Crippen LogP contribution in [0.2, 0.25) is 0 Å². The molecule has 1 saturated heterocycles. The zero-order valence-electron chi connectivity index (χ0n) is 12.9. The van der Waals surface area contributed by atoms with Gasteiger partial charge < -0.3 is 10.0 Å². The first kappa shape index (κ1) is 15.9. The largest absolute Gasteiger partial charge is 0.389 e. The summed E-state index contributed by atoms with van der Waals surface area (Å²) in [5, 5.41) is 13.8. The molecule has 1 N–H and O–H groups in total. The van der Waals surface area contributed by atoms with Gasteiger partial charge in [0.05, 0.1) is 5.60 Å². The Kier molecular flexibility index (Phi) is 5.30. The highest BCUT2D eigenvalue weighted by Gasteiger charge is 2.24. The Morgan fingerprint density at radius 1 is 1.29 bits per heavy atom. The number of aliphatic hydroxyl groups is 1. The van der Waals surface area contributed by atoms with Gasteiger partial charge in [-0.25, -0.2) is 4.98 Å². The van der Waals surface area contributed by atoms with E-state index < -0.39 is 5.60 Å². The van der Waals surface area contributed by atoms with Gasteiger partial charge in [-0.05, 0) is 20.3 Å². The number of aryl methyl sites for hydroxylation is 1. The van der Waals surface area contributed by atoms with Gasteiger partial charge in [0.2, 0.25) is 5.91 Å². The van der Waals surface area contributed by atoms with Crippen molar-refractivity contribution in [3.05, 3.63) is 12.7 Å². The number of carbonyl (C=O) groups is 1. The van der Waals surface area contributed by atoms with Crippen molar-refractivity contribution in [2.24, 2.45) is 0 Å². The van der Waals surface area contributed by atoms with Crippen molar-refractivity contribution in [2.45, 2.75) is 38.8 Å². The third-order valence-electron chi connectivity index (χ3n) is 3.58. The van der Waals surface area contributed by atoms with Crippen LogP contribution in [0.25, 0.3) is 0 Å². The van der Waals surface area contributed by atoms with Gasteiger partial charge >= 0.3 is 0 Å². The van der Waals surface area contributed by atoms with E-state index in [2.05, 4.69) is 15.0 Å². The van der Waals surface area contributed by atoms with Gasteiger partial charge in [0.15, 0.2) is 0 Å². The van der Waals surface area contributed by atoms with Crippen LogP contribution in [0, 0.1) is 0 Å². The highest BCUT2D eigenvalue weighted by atomic mass is 16.3. The van der Waals surface area contributed by atoms with E-state index in [4.69, 9.17) is 0 Å². The fraction of sp³-hybridized carbons (Fsp3) is 0.786. The Hall–Kier alpha value is -1.47. The number of aromatic nitrogens is 3. The number of hydrogen-bond donors (Lipinski definition) is 1. The number of carbonyl (C=O) groups excluding carboxylic acids is 1. The Morgan fingerprint density at radius 3 is 2.57 bits per heavy atom. The van der Waals surface area contributed by atoms with E-state index in [0.29, 0.717) is 13.0 Å². The average molecular weight is 295 g/mol. The summed E-state index contributed by atoms with van der Waals surface area (Å²) in [5.41, 5.74) is -0.677. The lowest BCUT2D eigenvalue weighted by atomic mass is 10.1. The van der Waals surface area contributed by atoms with Gasteiger partial charge in [-0.3, -0.25) is 14.4 Å². The lowest BCUT2D eigenvalue weighted by molar-refractivity contribution is -0.133. The molecule has 0 saturated carbocycles. The predicted octanol–water partition coefficient (Wildman–Crippen LogP) is -0.0266. The zero-order chi connectivity index (χ0) is 15.3. The molecule has 1 aliphatic heterocycles. The van der Waals surface area contributed by atoms with Gasteiger partial charge in [-0.15, -0.1) is 0 Å². The summed E-state index contributed by atoms with van der Waals surface area (Å²) in [4.78, 5) is 20.1. The molecule has 2 heterocycles. The highest BCUT2D eigenvalue weighted by molar-refractivity contribution is 5.76. The van der Waals surface area contributed by atoms with Crippen LogP contribution in [-0.4, -0.2) is 73.9 Å². The van der Waals surface area contributed by atoms with E-state index in [1.54, 1.807) is 11.0 Å². The molecule has 0 spiro atoms. The number of β-amino-alcohol motifs (C(OH)–C–C–N with tert-alkyl or cyclic N) is 1. The van der Waals surface area contributed by atoms with Gasteiger partial charge in [0, 0.05) is 45.7 Å². The molecule has 7 nitrogen and oxygen atoms in total. The number of nitrogens with zero attached hydrogens (tertiary/aromatic N) is 5. The molecule has 0 aliphatic carbocycles. The van der Waals surface area contributed by atoms with Crippen LogP contribution in [-0.2, 0) is 11.3 Å². The maximum absolute atomic E-state index is 12.1. The van der Waals surface area contributed by atoms with Crippen LogP contribution in [0.5, 0.6) is 0 Å². The predicted molar refractivity (Wildman–Crippen MR) is 78.6 cm³/mol. The summed E-state index contributed by atoms with van der Waals surface area (Å²) in [5.74, 6) is 0.207. The van der Waals surface area contributed by atoms with E-state index >= 15 is 0 Å². The van der Waals surface area contributed by atoms with Crippen LogP contribution in [0.1, 0.15) is 26.7 Å². The standard InChI is InChI=1S/C14H25N5O2/c1-14(2,21)10-17-6-8-18(9-7-17)13(20)4-3-5-19-12-15-11-16-19/h11-12,21H,3-10H2,1-2H3. The quantitative estimate of drug-likeness (QED) is 0.798. The topological polar surface area (TPSA) is 74.5 Å². The Bertz CT molecular complexity index is 433. The first-order chi connectivity index (χ1) is 9.94. The van der Waals surface area contributed by atoms with Crippen molar-refractivity contribution >= 4 is 5.91 Å². The Morgan fingerprint density at radius 2 is 2.00 bits per heavy atom. The minimum Gasteiger partial charge on any atom is -0.389 e. The molecule has 0 atom stereocenters. The van der Waals surface area contributed by atoms with Crippen molar-refractivity contribution in [1.29, 1.82) is 0 Å². The monoisotopic (exact) mass is 295 g/mol. The lowest BCUT2D eigenvalue weighted by Crippen LogP contribution is -2.51. The second-order valence-corrected chi connectivity index (χ2v) is 6.23. The molecule has 7 heteroatoms. The van der Waals surface area contributed by atoms with Crippen LogP contribution in [0.15, 0.2) is 12.7 Å². The van der Waals surface area contributed by atoms with Crippen molar-refractivity contribution < 1.29 is 9.90 Å². The molecule has 0 radical (unpaired) electrons. The van der Waals surface area contributed by atoms with Gasteiger partial charge in [0.1, 0.15) is 12.7 Å². The molecule has 0 bridgehead atoms. The molecule has 2 rings (SSSR count). The van der Waals surface area contributed by atoms with Gasteiger partial charge in [0.25, 0.3) is 0 Å². The second-order valence-electron chi connectivity index (χ2n) is 6.23. The van der Waals surface area contributed by atoms with Crippen LogP contribution >= 0.6 is 0 Å². The van der Waals surface area contributed by atoms with E-state index in [0.717, 1.165) is 39.1 Å². The number of amides is 1. The molecule has 1 aromatic heterocycles. The van der Waals surface area contributed by atoms with E-state index in [-0.39, 0.29) is 5.91 Å². The Balaban J connectivity index is 1.66. The molecule has 0 aromatic carbocycles. The van der Waals surface area contributed by atoms with Crippen molar-refractivity contribution in [3.63, 3.8) is 0 Å². The number of hydrogen-bond acceptors (Lipinski definition) is 5. The molecule has 1 aliphatic rings. The molecule has 1 fully saturated rings. The van der Waals surface area contributed by atoms with Gasteiger partial charge in [-0.1, -0.05) is 0 Å². The number of piperazine rings is 1. The van der Waals surface area contributed by atoms with E-state index in [1.807, 2.05) is 18.7 Å². The lowest BCUT2D eigenvalue weighted by Gasteiger charge is -2.37. The fourth-order valence-electron chi connectivity index (χ4n) is 2.60. The van der Waals surface area contributed by atoms with Crippen LogP contribution < -0.4 is 0 Å². The maximum atomic E-state index is 12.1. The third kappa shape index (κ3) is 5.43. The van der Waals surface area contributed by atoms with Crippen molar-refractivity contribution in [2.75, 3.05) is 32.7 Å². The fourth-order valence-corrected chi connectivity index (χ4v) is 2.60. The summed E-state index contributed by atoms with van der Waals surface area (Å²) in [6, 6.07) is 0. The zero-order valence-corrected chi connectivity index (χ0v) is 12.9. The Labute approximate surface area is 125 Å². The molecule has 118 valence electrons. The van der Waals surface area contributed by atoms with Crippen molar-refractivity contribution in [1.82, 2.24) is 24.6 Å². The summed E-state index contributed by atoms with van der Waals surface area (Å²) < 4.78 is 1.74. The summed E-state index contributed by atoms with van der Waals surface area (Å²) in [6.07, 6.45) is 4.50. The molecule has 1 aromatic rings. The first-order valence-electron chi connectivity index (χ1n) is 7.49. The average Bonchev–Trinajstić information content (AvgIpc) is 2.91. The van der Waals surface area contributed by atoms with Crippen LogP contribution in [0.4, 0.5) is 0 Å². The van der Waals surface area contributed by atoms with Crippen LogP contribution in [0.3, 0.4) is 0 Å². The highest BCUT2D eigenvalue weighted by Crippen LogP contribution is 2.10. The SMILES string of the molecule is CC(C)(O)CN1CCN(C(=O)CCCn2cncn2)CC1. The normalized spacial score (nSPS) is 17.2. The molecule has 1 amide bonds. The minimum atomic E-state index is -0.677. The number of rotatable bonds is 6. The molecular formula is C14H25N5O2. The second kappa shape index (κ2) is 7.00. The van der Waals surface area contributed by atoms with E-state index in [1.165, 1.54) is 6.33 Å². The molecule has 21 heavy (non-hydrogen) atoms. The van der Waals surface area contributed by atoms with Crippen molar-refractivity contribution in [3.8, 4) is 0 Å². The minimum absolute atomic E-state index is 0.207. The molecular weight excluding hydrogens is 270 g/mol. The smallest absolute Gasteiger partial charge is 0.222 e.